The van der Waals surface area contributed by atoms with Gasteiger partial charge in [-0.05, 0) is 49.2 Å². The molecule has 1 aromatic carbocycles. The van der Waals surface area contributed by atoms with Gasteiger partial charge in [-0.15, -0.1) is 5.10 Å². The van der Waals surface area contributed by atoms with Crippen LogP contribution in [0.2, 0.25) is 0 Å². The summed E-state index contributed by atoms with van der Waals surface area (Å²) in [4.78, 5) is 0. The van der Waals surface area contributed by atoms with Crippen molar-refractivity contribution in [2.45, 2.75) is 38.6 Å². The minimum absolute atomic E-state index is 0.201. The van der Waals surface area contributed by atoms with Gasteiger partial charge in [0.1, 0.15) is 0 Å². The highest BCUT2D eigenvalue weighted by Gasteiger charge is 2.29. The molecule has 2 rings (SSSR count). The van der Waals surface area contributed by atoms with Gasteiger partial charge in [0.05, 0.1) is 5.41 Å². The highest BCUT2D eigenvalue weighted by Crippen LogP contribution is 2.29. The Morgan fingerprint density at radius 3 is 2.58 bits per heavy atom. The summed E-state index contributed by atoms with van der Waals surface area (Å²) >= 11 is 0. The molecule has 0 fully saturated rings. The topological polar surface area (TPSA) is 69.6 Å². The molecule has 0 bridgehead atoms. The summed E-state index contributed by atoms with van der Waals surface area (Å²) in [5.41, 5.74) is 6.53. The summed E-state index contributed by atoms with van der Waals surface area (Å²) in [6, 6.07) is 10.3. The van der Waals surface area contributed by atoms with Crippen molar-refractivity contribution in [3.05, 3.63) is 41.7 Å². The van der Waals surface area contributed by atoms with Crippen LogP contribution in [0.25, 0.3) is 0 Å². The Bertz CT molecular complexity index is 504. The Balaban J connectivity index is 2.23. The standard InChI is InChI=1S/C14H21N5/c1-14(2,12-8-4-3-5-9-12)13-16-17-18-19(13)11-7-6-10-15/h3-5,8-9H,6-7,10-11,15H2,1-2H3. The van der Waals surface area contributed by atoms with Gasteiger partial charge in [0.15, 0.2) is 5.82 Å². The van der Waals surface area contributed by atoms with Crippen molar-refractivity contribution in [2.24, 2.45) is 5.73 Å². The second-order valence-corrected chi connectivity index (χ2v) is 5.21. The van der Waals surface area contributed by atoms with Gasteiger partial charge in [-0.25, -0.2) is 4.68 Å². The molecule has 0 radical (unpaired) electrons. The van der Waals surface area contributed by atoms with E-state index in [1.807, 2.05) is 22.9 Å². The van der Waals surface area contributed by atoms with Gasteiger partial charge in [-0.2, -0.15) is 0 Å². The van der Waals surface area contributed by atoms with Gasteiger partial charge in [0.25, 0.3) is 0 Å². The number of unbranched alkanes of at least 4 members (excludes halogenated alkanes) is 1. The molecule has 0 unspecified atom stereocenters. The maximum atomic E-state index is 5.52. The lowest BCUT2D eigenvalue weighted by Crippen LogP contribution is -2.25. The third kappa shape index (κ3) is 2.98. The lowest BCUT2D eigenvalue weighted by Gasteiger charge is -2.24. The van der Waals surface area contributed by atoms with Crippen molar-refractivity contribution in [1.29, 1.82) is 0 Å². The predicted octanol–water partition coefficient (Wildman–Crippen LogP) is 1.74. The fourth-order valence-electron chi connectivity index (χ4n) is 2.19. The first kappa shape index (κ1) is 13.7. The molecule has 2 N–H and O–H groups in total. The zero-order valence-corrected chi connectivity index (χ0v) is 11.6. The van der Waals surface area contributed by atoms with E-state index in [1.165, 1.54) is 5.56 Å². The summed E-state index contributed by atoms with van der Waals surface area (Å²) in [7, 11) is 0. The van der Waals surface area contributed by atoms with Crippen LogP contribution in [0.4, 0.5) is 0 Å². The normalized spacial score (nSPS) is 11.7. The molecule has 2 aromatic rings. The Kier molecular flexibility index (Phi) is 4.27. The zero-order valence-electron chi connectivity index (χ0n) is 11.6. The lowest BCUT2D eigenvalue weighted by atomic mass is 9.84. The third-order valence-electron chi connectivity index (χ3n) is 3.41. The maximum Gasteiger partial charge on any atom is 0.161 e. The Hall–Kier alpha value is -1.75. The van der Waals surface area contributed by atoms with Crippen molar-refractivity contribution >= 4 is 0 Å². The second-order valence-electron chi connectivity index (χ2n) is 5.21. The molecular weight excluding hydrogens is 238 g/mol. The number of aromatic nitrogens is 4. The molecule has 0 aliphatic rings. The molecule has 1 heterocycles. The quantitative estimate of drug-likeness (QED) is 0.802. The van der Waals surface area contributed by atoms with E-state index >= 15 is 0 Å². The Morgan fingerprint density at radius 2 is 1.89 bits per heavy atom. The van der Waals surface area contributed by atoms with Crippen LogP contribution < -0.4 is 5.73 Å². The van der Waals surface area contributed by atoms with Gasteiger partial charge in [-0.1, -0.05) is 30.3 Å². The lowest BCUT2D eigenvalue weighted by molar-refractivity contribution is 0.476. The van der Waals surface area contributed by atoms with Crippen LogP contribution in [0.3, 0.4) is 0 Å². The van der Waals surface area contributed by atoms with Crippen LogP contribution in [-0.4, -0.2) is 26.8 Å². The average molecular weight is 259 g/mol. The number of rotatable bonds is 6. The monoisotopic (exact) mass is 259 g/mol. The number of hydrogen-bond acceptors (Lipinski definition) is 4. The third-order valence-corrected chi connectivity index (χ3v) is 3.41. The molecule has 0 spiro atoms. The van der Waals surface area contributed by atoms with Crippen LogP contribution in [0, 0.1) is 0 Å². The smallest absolute Gasteiger partial charge is 0.161 e. The van der Waals surface area contributed by atoms with E-state index in [1.54, 1.807) is 0 Å². The number of tetrazole rings is 1. The molecule has 0 saturated carbocycles. The summed E-state index contributed by atoms with van der Waals surface area (Å²) < 4.78 is 1.89. The number of benzene rings is 1. The van der Waals surface area contributed by atoms with E-state index in [2.05, 4.69) is 41.5 Å². The van der Waals surface area contributed by atoms with Crippen LogP contribution >= 0.6 is 0 Å². The van der Waals surface area contributed by atoms with Crippen molar-refractivity contribution < 1.29 is 0 Å². The van der Waals surface area contributed by atoms with Gasteiger partial charge in [0, 0.05) is 6.54 Å². The van der Waals surface area contributed by atoms with E-state index in [-0.39, 0.29) is 5.41 Å². The van der Waals surface area contributed by atoms with Gasteiger partial charge in [-0.3, -0.25) is 0 Å². The first-order valence-corrected chi connectivity index (χ1v) is 6.68. The first-order chi connectivity index (χ1) is 9.16. The fraction of sp³-hybridized carbons (Fsp3) is 0.500. The van der Waals surface area contributed by atoms with E-state index < -0.39 is 0 Å². The van der Waals surface area contributed by atoms with Gasteiger partial charge < -0.3 is 5.73 Å². The first-order valence-electron chi connectivity index (χ1n) is 6.68. The summed E-state index contributed by atoms with van der Waals surface area (Å²) in [5.74, 6) is 0.899. The zero-order chi connectivity index (χ0) is 13.7. The molecule has 0 saturated heterocycles. The second kappa shape index (κ2) is 5.93. The molecule has 0 aliphatic carbocycles. The van der Waals surface area contributed by atoms with Crippen molar-refractivity contribution in [2.75, 3.05) is 6.54 Å². The minimum Gasteiger partial charge on any atom is -0.330 e. The predicted molar refractivity (Wildman–Crippen MR) is 74.7 cm³/mol. The number of hydrogen-bond donors (Lipinski definition) is 1. The van der Waals surface area contributed by atoms with E-state index in [4.69, 9.17) is 5.73 Å². The van der Waals surface area contributed by atoms with Gasteiger partial charge >= 0.3 is 0 Å². The highest BCUT2D eigenvalue weighted by atomic mass is 15.5. The number of nitrogens with zero attached hydrogens (tertiary/aromatic N) is 4. The molecule has 0 amide bonds. The van der Waals surface area contributed by atoms with Crippen LogP contribution in [-0.2, 0) is 12.0 Å². The van der Waals surface area contributed by atoms with Crippen LogP contribution in [0.5, 0.6) is 0 Å². The minimum atomic E-state index is -0.201. The fourth-order valence-corrected chi connectivity index (χ4v) is 2.19. The van der Waals surface area contributed by atoms with E-state index in [9.17, 15) is 0 Å². The summed E-state index contributed by atoms with van der Waals surface area (Å²) in [6.45, 7) is 5.82. The molecule has 102 valence electrons. The molecular formula is C14H21N5. The Morgan fingerprint density at radius 1 is 1.16 bits per heavy atom. The number of aryl methyl sites for hydroxylation is 1. The molecule has 0 atom stereocenters. The maximum absolute atomic E-state index is 5.52. The van der Waals surface area contributed by atoms with Crippen LogP contribution in [0.1, 0.15) is 38.1 Å². The molecule has 1 aromatic heterocycles. The van der Waals surface area contributed by atoms with E-state index in [0.29, 0.717) is 6.54 Å². The van der Waals surface area contributed by atoms with Crippen molar-refractivity contribution in [3.8, 4) is 0 Å². The number of nitrogens with two attached hydrogens (primary N) is 1. The van der Waals surface area contributed by atoms with Crippen molar-refractivity contribution in [1.82, 2.24) is 20.2 Å². The van der Waals surface area contributed by atoms with Crippen molar-refractivity contribution in [3.63, 3.8) is 0 Å². The molecule has 0 aliphatic heterocycles. The van der Waals surface area contributed by atoms with Gasteiger partial charge in [0.2, 0.25) is 0 Å². The highest BCUT2D eigenvalue weighted by molar-refractivity contribution is 5.30. The molecule has 5 heteroatoms. The van der Waals surface area contributed by atoms with Crippen LogP contribution in [0.15, 0.2) is 30.3 Å². The SMILES string of the molecule is CC(C)(c1ccccc1)c1nnnn1CCCCN. The van der Waals surface area contributed by atoms with E-state index in [0.717, 1.165) is 25.2 Å². The molecule has 19 heavy (non-hydrogen) atoms. The Labute approximate surface area is 113 Å². The summed E-state index contributed by atoms with van der Waals surface area (Å²) in [5, 5.41) is 12.1. The molecule has 5 nitrogen and oxygen atoms in total. The summed E-state index contributed by atoms with van der Waals surface area (Å²) in [6.07, 6.45) is 1.99. The average Bonchev–Trinajstić information content (AvgIpc) is 2.89. The largest absolute Gasteiger partial charge is 0.330 e.